The molecule has 2 N–H and O–H groups in total. The van der Waals surface area contributed by atoms with Crippen molar-refractivity contribution in [2.24, 2.45) is 0 Å². The number of amides is 1. The normalized spacial score (nSPS) is 10.1. The zero-order valence-electron chi connectivity index (χ0n) is 11.9. The molecule has 0 aliphatic rings. The van der Waals surface area contributed by atoms with E-state index in [1.54, 1.807) is 17.8 Å². The van der Waals surface area contributed by atoms with Crippen LogP contribution in [0.2, 0.25) is 0 Å². The third-order valence-electron chi connectivity index (χ3n) is 2.96. The highest BCUT2D eigenvalue weighted by molar-refractivity contribution is 14.1. The fourth-order valence-corrected chi connectivity index (χ4v) is 2.99. The molecule has 0 fully saturated rings. The quantitative estimate of drug-likeness (QED) is 0.429. The number of hydrogen-bond acceptors (Lipinski definition) is 3. The van der Waals surface area contributed by atoms with Gasteiger partial charge in [0.15, 0.2) is 5.11 Å². The van der Waals surface area contributed by atoms with Gasteiger partial charge in [0.25, 0.3) is 5.91 Å². The predicted octanol–water partition coefficient (Wildman–Crippen LogP) is 3.82. The van der Waals surface area contributed by atoms with Gasteiger partial charge in [-0.1, -0.05) is 24.3 Å². The van der Waals surface area contributed by atoms with Crippen LogP contribution in [0.15, 0.2) is 53.4 Å². The van der Waals surface area contributed by atoms with Crippen LogP contribution in [0.3, 0.4) is 0 Å². The Labute approximate surface area is 153 Å². The monoisotopic (exact) mass is 442 g/mol. The minimum absolute atomic E-state index is 0.194. The molecule has 0 saturated heterocycles. The number of thioether (sulfide) groups is 1. The molecule has 0 bridgehead atoms. The van der Waals surface area contributed by atoms with E-state index in [0.29, 0.717) is 17.2 Å². The van der Waals surface area contributed by atoms with Gasteiger partial charge in [-0.15, -0.1) is 11.8 Å². The van der Waals surface area contributed by atoms with E-state index >= 15 is 0 Å². The highest BCUT2D eigenvalue weighted by atomic mass is 127. The lowest BCUT2D eigenvalue weighted by Gasteiger charge is -2.10. The average molecular weight is 442 g/mol. The van der Waals surface area contributed by atoms with Crippen LogP contribution in [0.1, 0.15) is 15.9 Å². The largest absolute Gasteiger partial charge is 0.358 e. The fourth-order valence-electron chi connectivity index (χ4n) is 1.79. The first-order valence-electron chi connectivity index (χ1n) is 6.57. The van der Waals surface area contributed by atoms with Crippen LogP contribution in [-0.2, 0) is 6.54 Å². The first kappa shape index (κ1) is 17.2. The zero-order valence-corrected chi connectivity index (χ0v) is 15.7. The summed E-state index contributed by atoms with van der Waals surface area (Å²) in [5.41, 5.74) is 1.74. The van der Waals surface area contributed by atoms with Gasteiger partial charge in [-0.2, -0.15) is 0 Å². The molecule has 22 heavy (non-hydrogen) atoms. The number of nitrogens with one attached hydrogen (secondary N) is 2. The third-order valence-corrected chi connectivity index (χ3v) is 4.89. The van der Waals surface area contributed by atoms with Crippen molar-refractivity contribution < 1.29 is 4.79 Å². The van der Waals surface area contributed by atoms with Gasteiger partial charge in [-0.05, 0) is 70.9 Å². The summed E-state index contributed by atoms with van der Waals surface area (Å²) in [6, 6.07) is 15.6. The minimum Gasteiger partial charge on any atom is -0.358 e. The van der Waals surface area contributed by atoms with Gasteiger partial charge in [0.1, 0.15) is 0 Å². The van der Waals surface area contributed by atoms with Crippen LogP contribution in [0.25, 0.3) is 0 Å². The molecular formula is C16H15IN2OS2. The van der Waals surface area contributed by atoms with Crippen molar-refractivity contribution in [2.45, 2.75) is 11.4 Å². The highest BCUT2D eigenvalue weighted by Gasteiger charge is 2.10. The Morgan fingerprint density at radius 3 is 2.50 bits per heavy atom. The van der Waals surface area contributed by atoms with E-state index in [0.717, 1.165) is 9.13 Å². The van der Waals surface area contributed by atoms with Crippen molar-refractivity contribution in [3.8, 4) is 0 Å². The smallest absolute Gasteiger partial charge is 0.258 e. The zero-order chi connectivity index (χ0) is 15.9. The van der Waals surface area contributed by atoms with E-state index < -0.39 is 0 Å². The van der Waals surface area contributed by atoms with Crippen molar-refractivity contribution in [3.05, 3.63) is 63.2 Å². The highest BCUT2D eigenvalue weighted by Crippen LogP contribution is 2.14. The van der Waals surface area contributed by atoms with Gasteiger partial charge >= 0.3 is 0 Å². The van der Waals surface area contributed by atoms with E-state index in [1.807, 2.05) is 36.6 Å². The van der Waals surface area contributed by atoms with E-state index in [1.165, 1.54) is 4.90 Å². The molecule has 0 atom stereocenters. The van der Waals surface area contributed by atoms with E-state index in [2.05, 4.69) is 45.4 Å². The van der Waals surface area contributed by atoms with Gasteiger partial charge in [-0.3, -0.25) is 10.1 Å². The summed E-state index contributed by atoms with van der Waals surface area (Å²) >= 11 is 9.01. The summed E-state index contributed by atoms with van der Waals surface area (Å²) in [6.07, 6.45) is 2.04. The average Bonchev–Trinajstić information content (AvgIpc) is 2.53. The first-order chi connectivity index (χ1) is 10.6. The number of hydrogen-bond donors (Lipinski definition) is 2. The molecule has 0 unspecified atom stereocenters. The van der Waals surface area contributed by atoms with Crippen LogP contribution < -0.4 is 10.6 Å². The SMILES string of the molecule is CSc1ccc(CNC(=S)NC(=O)c2ccccc2I)cc1. The number of benzene rings is 2. The summed E-state index contributed by atoms with van der Waals surface area (Å²) < 4.78 is 0.896. The Bertz CT molecular complexity index is 674. The minimum atomic E-state index is -0.194. The maximum absolute atomic E-state index is 12.1. The van der Waals surface area contributed by atoms with Gasteiger partial charge in [-0.25, -0.2) is 0 Å². The van der Waals surface area contributed by atoms with Crippen molar-refractivity contribution in [3.63, 3.8) is 0 Å². The molecule has 0 heterocycles. The molecule has 0 aliphatic heterocycles. The molecule has 6 heteroatoms. The molecule has 0 aromatic heterocycles. The second-order valence-electron chi connectivity index (χ2n) is 4.46. The van der Waals surface area contributed by atoms with Crippen molar-refractivity contribution in [2.75, 3.05) is 6.26 Å². The molecule has 0 radical (unpaired) electrons. The predicted molar refractivity (Wildman–Crippen MR) is 104 cm³/mol. The lowest BCUT2D eigenvalue weighted by atomic mass is 10.2. The fraction of sp³-hybridized carbons (Fsp3) is 0.125. The number of halogens is 1. The Hall–Kier alpha value is -1.12. The van der Waals surface area contributed by atoms with Crippen LogP contribution in [0.4, 0.5) is 0 Å². The van der Waals surface area contributed by atoms with Crippen LogP contribution in [0, 0.1) is 3.57 Å². The van der Waals surface area contributed by atoms with E-state index in [9.17, 15) is 4.79 Å². The second kappa shape index (κ2) is 8.50. The van der Waals surface area contributed by atoms with E-state index in [-0.39, 0.29) is 5.91 Å². The maximum Gasteiger partial charge on any atom is 0.258 e. The third kappa shape index (κ3) is 4.96. The molecule has 3 nitrogen and oxygen atoms in total. The van der Waals surface area contributed by atoms with Crippen LogP contribution in [-0.4, -0.2) is 17.3 Å². The van der Waals surface area contributed by atoms with Gasteiger partial charge in [0.2, 0.25) is 0 Å². The number of thiocarbonyl (C=S) groups is 1. The van der Waals surface area contributed by atoms with Crippen LogP contribution >= 0.6 is 46.6 Å². The summed E-state index contributed by atoms with van der Waals surface area (Å²) in [4.78, 5) is 13.3. The molecule has 114 valence electrons. The lowest BCUT2D eigenvalue weighted by molar-refractivity contribution is 0.0976. The molecule has 0 saturated carbocycles. The summed E-state index contributed by atoms with van der Waals surface area (Å²) in [5, 5.41) is 6.08. The van der Waals surface area contributed by atoms with Gasteiger partial charge in [0, 0.05) is 15.0 Å². The topological polar surface area (TPSA) is 41.1 Å². The molecule has 1 amide bonds. The van der Waals surface area contributed by atoms with Crippen molar-refractivity contribution >= 4 is 57.6 Å². The summed E-state index contributed by atoms with van der Waals surface area (Å²) in [6.45, 7) is 0.583. The molecular weight excluding hydrogens is 427 g/mol. The molecule has 2 aromatic rings. The molecule has 0 spiro atoms. The Kier molecular flexibility index (Phi) is 6.66. The molecule has 0 aliphatic carbocycles. The van der Waals surface area contributed by atoms with E-state index in [4.69, 9.17) is 12.2 Å². The Balaban J connectivity index is 1.87. The number of rotatable bonds is 4. The number of carbonyl (C=O) groups is 1. The maximum atomic E-state index is 12.1. The van der Waals surface area contributed by atoms with Crippen molar-refractivity contribution in [1.82, 2.24) is 10.6 Å². The van der Waals surface area contributed by atoms with Gasteiger partial charge < -0.3 is 5.32 Å². The number of carbonyl (C=O) groups excluding carboxylic acids is 1. The summed E-state index contributed by atoms with van der Waals surface area (Å²) in [5.74, 6) is -0.194. The van der Waals surface area contributed by atoms with Crippen LogP contribution in [0.5, 0.6) is 0 Å². The molecule has 2 rings (SSSR count). The van der Waals surface area contributed by atoms with Crippen molar-refractivity contribution in [1.29, 1.82) is 0 Å². The first-order valence-corrected chi connectivity index (χ1v) is 9.28. The lowest BCUT2D eigenvalue weighted by Crippen LogP contribution is -2.39. The summed E-state index contributed by atoms with van der Waals surface area (Å²) in [7, 11) is 0. The molecule has 2 aromatic carbocycles. The second-order valence-corrected chi connectivity index (χ2v) is 6.91. The Morgan fingerprint density at radius 1 is 1.18 bits per heavy atom. The standard InChI is InChI=1S/C16H15IN2OS2/c1-22-12-8-6-11(7-9-12)10-18-16(21)19-15(20)13-4-2-3-5-14(13)17/h2-9H,10H2,1H3,(H2,18,19,20,21). The van der Waals surface area contributed by atoms with Gasteiger partial charge in [0.05, 0.1) is 5.56 Å². The Morgan fingerprint density at radius 2 is 1.86 bits per heavy atom.